The number of carboxylic acid groups (broad SMARTS) is 1. The van der Waals surface area contributed by atoms with E-state index in [-0.39, 0.29) is 11.4 Å². The fourth-order valence-corrected chi connectivity index (χ4v) is 2.34. The minimum absolute atomic E-state index is 0.126. The van der Waals surface area contributed by atoms with Crippen LogP contribution < -0.4 is 4.74 Å². The van der Waals surface area contributed by atoms with Crippen LogP contribution in [-0.2, 0) is 11.2 Å². The van der Waals surface area contributed by atoms with Crippen LogP contribution >= 0.6 is 0 Å². The Morgan fingerprint density at radius 3 is 2.09 bits per heavy atom. The molecule has 2 aromatic carbocycles. The number of hydrogen-bond donors (Lipinski definition) is 2. The SMILES string of the molecule is CC(C)(C)Oc1ccc(CC(C(=O)O)c2ccc(O)cc2)cc1. The quantitative estimate of drug-likeness (QED) is 0.876. The van der Waals surface area contributed by atoms with Gasteiger partial charge in [0.25, 0.3) is 0 Å². The minimum Gasteiger partial charge on any atom is -0.508 e. The molecule has 122 valence electrons. The van der Waals surface area contributed by atoms with Crippen molar-refractivity contribution >= 4 is 5.97 Å². The average Bonchev–Trinajstić information content (AvgIpc) is 2.46. The highest BCUT2D eigenvalue weighted by Crippen LogP contribution is 2.25. The average molecular weight is 314 g/mol. The van der Waals surface area contributed by atoms with Gasteiger partial charge in [0.05, 0.1) is 5.92 Å². The van der Waals surface area contributed by atoms with Crippen molar-refractivity contribution in [2.24, 2.45) is 0 Å². The smallest absolute Gasteiger partial charge is 0.311 e. The van der Waals surface area contributed by atoms with Crippen LogP contribution in [0.15, 0.2) is 48.5 Å². The molecule has 0 aliphatic rings. The van der Waals surface area contributed by atoms with Crippen molar-refractivity contribution in [3.8, 4) is 11.5 Å². The summed E-state index contributed by atoms with van der Waals surface area (Å²) in [5.74, 6) is -0.643. The molecule has 4 heteroatoms. The van der Waals surface area contributed by atoms with Gasteiger partial charge in [-0.05, 0) is 62.6 Å². The number of ether oxygens (including phenoxy) is 1. The number of carbonyl (C=O) groups is 1. The van der Waals surface area contributed by atoms with Crippen LogP contribution in [0.2, 0.25) is 0 Å². The predicted molar refractivity (Wildman–Crippen MR) is 89.0 cm³/mol. The number of hydrogen-bond acceptors (Lipinski definition) is 3. The van der Waals surface area contributed by atoms with Gasteiger partial charge in [-0.15, -0.1) is 0 Å². The van der Waals surface area contributed by atoms with Gasteiger partial charge in [-0.25, -0.2) is 0 Å². The summed E-state index contributed by atoms with van der Waals surface area (Å²) >= 11 is 0. The molecule has 0 heterocycles. The Morgan fingerprint density at radius 1 is 1.04 bits per heavy atom. The van der Waals surface area contributed by atoms with Gasteiger partial charge in [0.1, 0.15) is 17.1 Å². The van der Waals surface area contributed by atoms with Crippen molar-refractivity contribution in [1.82, 2.24) is 0 Å². The van der Waals surface area contributed by atoms with Gasteiger partial charge in [-0.1, -0.05) is 24.3 Å². The van der Waals surface area contributed by atoms with Gasteiger partial charge >= 0.3 is 5.97 Å². The fraction of sp³-hybridized carbons (Fsp3) is 0.316. The van der Waals surface area contributed by atoms with Crippen LogP contribution in [0, 0.1) is 0 Å². The van der Waals surface area contributed by atoms with E-state index in [4.69, 9.17) is 4.74 Å². The van der Waals surface area contributed by atoms with E-state index in [0.717, 1.165) is 11.3 Å². The summed E-state index contributed by atoms with van der Waals surface area (Å²) < 4.78 is 5.76. The van der Waals surface area contributed by atoms with Crippen LogP contribution in [0.25, 0.3) is 0 Å². The van der Waals surface area contributed by atoms with E-state index in [1.807, 2.05) is 45.0 Å². The maximum atomic E-state index is 11.6. The second-order valence-electron chi connectivity index (χ2n) is 6.54. The lowest BCUT2D eigenvalue weighted by atomic mass is 9.92. The van der Waals surface area contributed by atoms with Crippen molar-refractivity contribution in [3.05, 3.63) is 59.7 Å². The van der Waals surface area contributed by atoms with Crippen molar-refractivity contribution in [2.75, 3.05) is 0 Å². The molecule has 0 aliphatic heterocycles. The number of benzene rings is 2. The molecule has 23 heavy (non-hydrogen) atoms. The van der Waals surface area contributed by atoms with Crippen LogP contribution in [-0.4, -0.2) is 21.8 Å². The molecule has 0 spiro atoms. The highest BCUT2D eigenvalue weighted by atomic mass is 16.5. The summed E-state index contributed by atoms with van der Waals surface area (Å²) in [4.78, 5) is 11.6. The lowest BCUT2D eigenvalue weighted by Crippen LogP contribution is -2.22. The molecule has 2 rings (SSSR count). The zero-order chi connectivity index (χ0) is 17.0. The zero-order valence-electron chi connectivity index (χ0n) is 13.6. The van der Waals surface area contributed by atoms with Gasteiger partial charge in [-0.3, -0.25) is 4.79 Å². The van der Waals surface area contributed by atoms with Crippen molar-refractivity contribution in [2.45, 2.75) is 38.7 Å². The number of phenols is 1. The van der Waals surface area contributed by atoms with E-state index in [2.05, 4.69) is 0 Å². The zero-order valence-corrected chi connectivity index (χ0v) is 13.6. The van der Waals surface area contributed by atoms with Crippen LogP contribution in [0.5, 0.6) is 11.5 Å². The van der Waals surface area contributed by atoms with Gasteiger partial charge in [0.2, 0.25) is 0 Å². The lowest BCUT2D eigenvalue weighted by molar-refractivity contribution is -0.138. The second-order valence-corrected chi connectivity index (χ2v) is 6.54. The Bertz CT molecular complexity index is 651. The lowest BCUT2D eigenvalue weighted by Gasteiger charge is -2.21. The number of aliphatic carboxylic acids is 1. The highest BCUT2D eigenvalue weighted by molar-refractivity contribution is 5.76. The van der Waals surface area contributed by atoms with E-state index in [9.17, 15) is 15.0 Å². The van der Waals surface area contributed by atoms with Crippen LogP contribution in [0.3, 0.4) is 0 Å². The number of rotatable bonds is 5. The first-order valence-electron chi connectivity index (χ1n) is 7.54. The number of aromatic hydroxyl groups is 1. The van der Waals surface area contributed by atoms with Gasteiger partial charge in [0, 0.05) is 0 Å². The van der Waals surface area contributed by atoms with Crippen LogP contribution in [0.1, 0.15) is 37.8 Å². The third-order valence-electron chi connectivity index (χ3n) is 3.38. The maximum absolute atomic E-state index is 11.6. The molecule has 0 fully saturated rings. The minimum atomic E-state index is -0.884. The molecule has 4 nitrogen and oxygen atoms in total. The van der Waals surface area contributed by atoms with Crippen LogP contribution in [0.4, 0.5) is 0 Å². The molecule has 0 aliphatic carbocycles. The molecule has 0 saturated carbocycles. The molecule has 2 N–H and O–H groups in total. The van der Waals surface area contributed by atoms with Crippen molar-refractivity contribution in [1.29, 1.82) is 0 Å². The molecule has 0 radical (unpaired) electrons. The molecular formula is C19H22O4. The summed E-state index contributed by atoms with van der Waals surface area (Å²) in [5.41, 5.74) is 1.33. The summed E-state index contributed by atoms with van der Waals surface area (Å²) in [7, 11) is 0. The van der Waals surface area contributed by atoms with E-state index >= 15 is 0 Å². The largest absolute Gasteiger partial charge is 0.508 e. The van der Waals surface area contributed by atoms with E-state index in [1.54, 1.807) is 12.1 Å². The Hall–Kier alpha value is -2.49. The summed E-state index contributed by atoms with van der Waals surface area (Å²) in [6.45, 7) is 5.94. The standard InChI is InChI=1S/C19H22O4/c1-19(2,3)23-16-10-4-13(5-11-16)12-17(18(21)22)14-6-8-15(20)9-7-14/h4-11,17,20H,12H2,1-3H3,(H,21,22). The molecule has 0 saturated heterocycles. The van der Waals surface area contributed by atoms with E-state index in [1.165, 1.54) is 12.1 Å². The first-order chi connectivity index (χ1) is 10.7. The van der Waals surface area contributed by atoms with Gasteiger partial charge < -0.3 is 14.9 Å². The molecule has 0 amide bonds. The third-order valence-corrected chi connectivity index (χ3v) is 3.38. The molecule has 0 bridgehead atoms. The summed E-state index contributed by atoms with van der Waals surface area (Å²) in [5, 5.41) is 18.8. The van der Waals surface area contributed by atoms with E-state index in [0.29, 0.717) is 12.0 Å². The Labute approximate surface area is 136 Å². The van der Waals surface area contributed by atoms with Crippen molar-refractivity contribution < 1.29 is 19.7 Å². The van der Waals surface area contributed by atoms with Gasteiger partial charge in [-0.2, -0.15) is 0 Å². The van der Waals surface area contributed by atoms with E-state index < -0.39 is 11.9 Å². The molecule has 1 atom stereocenters. The normalized spacial score (nSPS) is 12.7. The topological polar surface area (TPSA) is 66.8 Å². The molecule has 0 aromatic heterocycles. The summed E-state index contributed by atoms with van der Waals surface area (Å²) in [6, 6.07) is 13.8. The number of phenolic OH excluding ortho intramolecular Hbond substituents is 1. The Balaban J connectivity index is 2.14. The Kier molecular flexibility index (Phi) is 4.94. The fourth-order valence-electron chi connectivity index (χ4n) is 2.34. The second kappa shape index (κ2) is 6.73. The third kappa shape index (κ3) is 5.02. The first kappa shape index (κ1) is 16.9. The maximum Gasteiger partial charge on any atom is 0.311 e. The first-order valence-corrected chi connectivity index (χ1v) is 7.54. The Morgan fingerprint density at radius 2 is 1.61 bits per heavy atom. The molecule has 1 unspecified atom stereocenters. The molecule has 2 aromatic rings. The summed E-state index contributed by atoms with van der Waals surface area (Å²) in [6.07, 6.45) is 0.385. The van der Waals surface area contributed by atoms with Gasteiger partial charge in [0.15, 0.2) is 0 Å². The highest BCUT2D eigenvalue weighted by Gasteiger charge is 2.20. The number of carboxylic acids is 1. The van der Waals surface area contributed by atoms with Crippen molar-refractivity contribution in [3.63, 3.8) is 0 Å². The molecular weight excluding hydrogens is 292 g/mol. The monoisotopic (exact) mass is 314 g/mol. The predicted octanol–water partition coefficient (Wildman–Crippen LogP) is 3.98.